The van der Waals surface area contributed by atoms with E-state index in [1.165, 1.54) is 4.90 Å². The Labute approximate surface area is 87.1 Å². The summed E-state index contributed by atoms with van der Waals surface area (Å²) in [5.74, 6) is -3.68. The van der Waals surface area contributed by atoms with Crippen molar-refractivity contribution in [2.75, 3.05) is 0 Å². The predicted octanol–water partition coefficient (Wildman–Crippen LogP) is 0.100. The molecule has 1 saturated heterocycles. The second kappa shape index (κ2) is 2.59. The molecule has 5 nitrogen and oxygen atoms in total. The number of carboxylic acids is 1. The Bertz CT molecular complexity index is 346. The third-order valence-electron chi connectivity index (χ3n) is 2.99. The van der Waals surface area contributed by atoms with Crippen molar-refractivity contribution in [3.8, 4) is 0 Å². The van der Waals surface area contributed by atoms with E-state index in [1.807, 2.05) is 0 Å². The van der Waals surface area contributed by atoms with Gasteiger partial charge in [0.05, 0.1) is 17.8 Å². The van der Waals surface area contributed by atoms with E-state index >= 15 is 0 Å². The second-order valence-electron chi connectivity index (χ2n) is 5.10. The van der Waals surface area contributed by atoms with Crippen LogP contribution in [0.4, 0.5) is 0 Å². The molecule has 2 atom stereocenters. The topological polar surface area (TPSA) is 74.7 Å². The molecule has 1 aliphatic carbocycles. The van der Waals surface area contributed by atoms with Crippen LogP contribution >= 0.6 is 0 Å². The molecular weight excluding hydrogens is 198 g/mol. The zero-order chi connectivity index (χ0) is 11.5. The van der Waals surface area contributed by atoms with Crippen LogP contribution in [-0.4, -0.2) is 33.3 Å². The summed E-state index contributed by atoms with van der Waals surface area (Å²) >= 11 is 0. The molecule has 2 rings (SSSR count). The Morgan fingerprint density at radius 2 is 1.60 bits per heavy atom. The molecule has 0 bridgehead atoms. The maximum atomic E-state index is 11.8. The molecule has 0 aromatic rings. The van der Waals surface area contributed by atoms with Crippen LogP contribution in [0.5, 0.6) is 0 Å². The largest absolute Gasteiger partial charge is 0.481 e. The number of fused-ring (bicyclic) bond motifs is 1. The zero-order valence-corrected chi connectivity index (χ0v) is 8.85. The van der Waals surface area contributed by atoms with Gasteiger partial charge in [0.2, 0.25) is 11.8 Å². The maximum absolute atomic E-state index is 11.8. The van der Waals surface area contributed by atoms with Gasteiger partial charge in [-0.15, -0.1) is 0 Å². The first kappa shape index (κ1) is 10.1. The molecule has 0 aromatic carbocycles. The summed E-state index contributed by atoms with van der Waals surface area (Å²) < 4.78 is 0. The second-order valence-corrected chi connectivity index (χ2v) is 5.10. The lowest BCUT2D eigenvalue weighted by Crippen LogP contribution is -2.48. The highest BCUT2D eigenvalue weighted by atomic mass is 16.4. The van der Waals surface area contributed by atoms with E-state index in [0.29, 0.717) is 0 Å². The Balaban J connectivity index is 2.25. The van der Waals surface area contributed by atoms with E-state index in [9.17, 15) is 14.4 Å². The molecule has 2 amide bonds. The van der Waals surface area contributed by atoms with Gasteiger partial charge in [-0.1, -0.05) is 0 Å². The molecule has 2 fully saturated rings. The summed E-state index contributed by atoms with van der Waals surface area (Å²) in [6.45, 7) is 5.30. The maximum Gasteiger partial charge on any atom is 0.308 e. The highest BCUT2D eigenvalue weighted by Gasteiger charge is 2.71. The number of likely N-dealkylation sites (tertiary alicyclic amines) is 1. The van der Waals surface area contributed by atoms with Crippen molar-refractivity contribution in [3.05, 3.63) is 0 Å². The molecule has 0 radical (unpaired) electrons. The first-order valence-corrected chi connectivity index (χ1v) is 4.87. The molecule has 0 aromatic heterocycles. The van der Waals surface area contributed by atoms with Crippen LogP contribution in [0.2, 0.25) is 0 Å². The Hall–Kier alpha value is -1.39. The zero-order valence-electron chi connectivity index (χ0n) is 8.85. The van der Waals surface area contributed by atoms with Gasteiger partial charge < -0.3 is 5.11 Å². The Kier molecular flexibility index (Phi) is 1.75. The number of carboxylic acid groups (broad SMARTS) is 1. The molecule has 0 spiro atoms. The minimum absolute atomic E-state index is 0.329. The molecule has 2 unspecified atom stereocenters. The normalized spacial score (nSPS) is 34.3. The average molecular weight is 211 g/mol. The average Bonchev–Trinajstić information content (AvgIpc) is 2.68. The number of hydrogen-bond donors (Lipinski definition) is 1. The molecule has 15 heavy (non-hydrogen) atoms. The van der Waals surface area contributed by atoms with E-state index < -0.39 is 29.3 Å². The first-order valence-electron chi connectivity index (χ1n) is 4.87. The van der Waals surface area contributed by atoms with Gasteiger partial charge in [0.25, 0.3) is 0 Å². The lowest BCUT2D eigenvalue weighted by Gasteiger charge is -2.31. The number of hydrogen-bond acceptors (Lipinski definition) is 3. The fourth-order valence-electron chi connectivity index (χ4n) is 2.30. The van der Waals surface area contributed by atoms with Crippen molar-refractivity contribution < 1.29 is 19.5 Å². The summed E-state index contributed by atoms with van der Waals surface area (Å²) in [7, 11) is 0. The monoisotopic (exact) mass is 211 g/mol. The third kappa shape index (κ3) is 1.19. The number of rotatable bonds is 1. The van der Waals surface area contributed by atoms with E-state index in [0.717, 1.165) is 0 Å². The van der Waals surface area contributed by atoms with E-state index in [4.69, 9.17) is 5.11 Å². The number of aliphatic carboxylic acids is 1. The summed E-state index contributed by atoms with van der Waals surface area (Å²) in [6, 6.07) is 0. The summed E-state index contributed by atoms with van der Waals surface area (Å²) in [5, 5.41) is 8.76. The molecular formula is C10H13NO4. The predicted molar refractivity (Wildman–Crippen MR) is 49.7 cm³/mol. The van der Waals surface area contributed by atoms with Crippen LogP contribution in [0.15, 0.2) is 0 Å². The van der Waals surface area contributed by atoms with Crippen LogP contribution in [0.3, 0.4) is 0 Å². The van der Waals surface area contributed by atoms with Crippen LogP contribution < -0.4 is 0 Å². The van der Waals surface area contributed by atoms with E-state index in [2.05, 4.69) is 0 Å². The lowest BCUT2D eigenvalue weighted by molar-refractivity contribution is -0.152. The number of piperidine rings is 1. The standard InChI is InChI=1S/C10H13NO4/c1-10(2,3)11-7(12)4-5(8(11)13)6(4)9(14)15/h4-6H,1-3H3,(H,14,15). The van der Waals surface area contributed by atoms with Crippen molar-refractivity contribution in [2.45, 2.75) is 26.3 Å². The van der Waals surface area contributed by atoms with Gasteiger partial charge in [-0.05, 0) is 20.8 Å². The quantitative estimate of drug-likeness (QED) is 0.624. The SMILES string of the molecule is CC(C)(C)N1C(=O)C2C(C(=O)O)C2C1=O. The number of carbonyl (C=O) groups excluding carboxylic acids is 2. The van der Waals surface area contributed by atoms with Gasteiger partial charge in [-0.25, -0.2) is 0 Å². The van der Waals surface area contributed by atoms with Gasteiger partial charge in [0.1, 0.15) is 0 Å². The Morgan fingerprint density at radius 1 is 1.20 bits per heavy atom. The van der Waals surface area contributed by atoms with Crippen molar-refractivity contribution >= 4 is 17.8 Å². The summed E-state index contributed by atoms with van der Waals surface area (Å²) in [6.07, 6.45) is 0. The van der Waals surface area contributed by atoms with Gasteiger partial charge in [0, 0.05) is 5.54 Å². The molecule has 5 heteroatoms. The molecule has 1 aliphatic heterocycles. The lowest BCUT2D eigenvalue weighted by atomic mass is 10.1. The highest BCUT2D eigenvalue weighted by Crippen LogP contribution is 2.54. The number of carbonyl (C=O) groups is 3. The highest BCUT2D eigenvalue weighted by molar-refractivity contribution is 6.13. The van der Waals surface area contributed by atoms with Crippen molar-refractivity contribution in [1.29, 1.82) is 0 Å². The summed E-state index contributed by atoms with van der Waals surface area (Å²) in [5.41, 5.74) is -0.551. The van der Waals surface area contributed by atoms with Gasteiger partial charge in [-0.2, -0.15) is 0 Å². The fraction of sp³-hybridized carbons (Fsp3) is 0.700. The van der Waals surface area contributed by atoms with Crippen LogP contribution in [0, 0.1) is 17.8 Å². The fourth-order valence-corrected chi connectivity index (χ4v) is 2.30. The van der Waals surface area contributed by atoms with E-state index in [-0.39, 0.29) is 11.8 Å². The molecule has 1 N–H and O–H groups in total. The van der Waals surface area contributed by atoms with Gasteiger partial charge >= 0.3 is 5.97 Å². The van der Waals surface area contributed by atoms with Crippen LogP contribution in [-0.2, 0) is 14.4 Å². The molecule has 1 heterocycles. The van der Waals surface area contributed by atoms with Crippen molar-refractivity contribution in [1.82, 2.24) is 4.90 Å². The smallest absolute Gasteiger partial charge is 0.308 e. The van der Waals surface area contributed by atoms with Gasteiger partial charge in [0.15, 0.2) is 0 Å². The molecule has 1 saturated carbocycles. The van der Waals surface area contributed by atoms with Crippen molar-refractivity contribution in [2.24, 2.45) is 17.8 Å². The Morgan fingerprint density at radius 3 is 1.87 bits per heavy atom. The first-order chi connectivity index (χ1) is 6.76. The number of nitrogens with zero attached hydrogens (tertiary/aromatic N) is 1. The van der Waals surface area contributed by atoms with Gasteiger partial charge in [-0.3, -0.25) is 19.3 Å². The van der Waals surface area contributed by atoms with Crippen LogP contribution in [0.1, 0.15) is 20.8 Å². The minimum Gasteiger partial charge on any atom is -0.481 e. The summed E-state index contributed by atoms with van der Waals surface area (Å²) in [4.78, 5) is 35.4. The van der Waals surface area contributed by atoms with Crippen molar-refractivity contribution in [3.63, 3.8) is 0 Å². The van der Waals surface area contributed by atoms with Crippen LogP contribution in [0.25, 0.3) is 0 Å². The number of amides is 2. The minimum atomic E-state index is -1.04. The van der Waals surface area contributed by atoms with E-state index in [1.54, 1.807) is 20.8 Å². The number of imide groups is 1. The molecule has 2 aliphatic rings. The molecule has 82 valence electrons. The third-order valence-corrected chi connectivity index (χ3v) is 2.99.